The van der Waals surface area contributed by atoms with Gasteiger partial charge in [0, 0.05) is 0 Å². The highest BCUT2D eigenvalue weighted by Crippen LogP contribution is 2.31. The van der Waals surface area contributed by atoms with Crippen LogP contribution in [0.15, 0.2) is 36.7 Å². The number of allylic oxidation sites excluding steroid dienone is 5. The Morgan fingerprint density at radius 1 is 1.10 bits per heavy atom. The molecule has 0 aliphatic heterocycles. The van der Waals surface area contributed by atoms with Gasteiger partial charge in [-0.3, -0.25) is 0 Å². The Kier molecular flexibility index (Phi) is 21.9. The maximum Gasteiger partial charge on any atom is 0.119 e. The fourth-order valence-corrected chi connectivity index (χ4v) is 1.50. The van der Waals surface area contributed by atoms with Gasteiger partial charge in [0.2, 0.25) is 0 Å². The minimum atomic E-state index is -0.158. The molecule has 0 radical (unpaired) electrons. The molecule has 0 spiro atoms. The highest BCUT2D eigenvalue weighted by molar-refractivity contribution is 5.11. The zero-order valence-electron chi connectivity index (χ0n) is 14.9. The molecule has 0 aromatic heterocycles. The lowest BCUT2D eigenvalue weighted by atomic mass is 9.80. The van der Waals surface area contributed by atoms with Crippen molar-refractivity contribution in [3.05, 3.63) is 36.7 Å². The summed E-state index contributed by atoms with van der Waals surface area (Å²) < 4.78 is 13.1. The Balaban J connectivity index is -0.000000656. The minimum absolute atomic E-state index is 0.158. The molecule has 0 aromatic carbocycles. The zero-order chi connectivity index (χ0) is 16.4. The SMILES string of the molecule is C=CC/C=C(F)\C=C/CCC(C)(CC)CC.CC.CC. The van der Waals surface area contributed by atoms with Crippen molar-refractivity contribution in [1.29, 1.82) is 0 Å². The van der Waals surface area contributed by atoms with Crippen LogP contribution in [-0.4, -0.2) is 0 Å². The van der Waals surface area contributed by atoms with E-state index >= 15 is 0 Å². The van der Waals surface area contributed by atoms with Crippen LogP contribution in [0.3, 0.4) is 0 Å². The fraction of sp³-hybridized carbons (Fsp3) is 0.684. The Hall–Kier alpha value is -0.850. The lowest BCUT2D eigenvalue weighted by Crippen LogP contribution is -2.12. The average molecular weight is 285 g/mol. The molecule has 0 bridgehead atoms. The van der Waals surface area contributed by atoms with Crippen LogP contribution in [0.5, 0.6) is 0 Å². The van der Waals surface area contributed by atoms with Gasteiger partial charge in [0.25, 0.3) is 0 Å². The normalized spacial score (nSPS) is 11.3. The standard InChI is InChI=1S/C15H25F.2C2H6/c1-5-8-11-14(16)12-9-10-13-15(4,6-2)7-3;2*1-2/h5,9,11-12H,1,6-8,10,13H2,2-4H3;2*1-2H3/b12-9-,14-11+;;. The van der Waals surface area contributed by atoms with Gasteiger partial charge in [0.15, 0.2) is 0 Å². The van der Waals surface area contributed by atoms with Gasteiger partial charge in [-0.2, -0.15) is 0 Å². The predicted molar refractivity (Wildman–Crippen MR) is 93.8 cm³/mol. The Morgan fingerprint density at radius 3 is 2.00 bits per heavy atom. The molecule has 0 aliphatic rings. The Bertz CT molecular complexity index is 244. The van der Waals surface area contributed by atoms with Crippen molar-refractivity contribution in [2.45, 2.75) is 80.6 Å². The van der Waals surface area contributed by atoms with Gasteiger partial charge < -0.3 is 0 Å². The largest absolute Gasteiger partial charge is 0.207 e. The molecule has 0 saturated carbocycles. The van der Waals surface area contributed by atoms with E-state index in [9.17, 15) is 4.39 Å². The Morgan fingerprint density at radius 2 is 1.60 bits per heavy atom. The fourth-order valence-electron chi connectivity index (χ4n) is 1.50. The van der Waals surface area contributed by atoms with Crippen LogP contribution in [0.4, 0.5) is 4.39 Å². The summed E-state index contributed by atoms with van der Waals surface area (Å²) in [7, 11) is 0. The van der Waals surface area contributed by atoms with Crippen molar-refractivity contribution < 1.29 is 4.39 Å². The maximum atomic E-state index is 13.1. The molecule has 0 unspecified atom stereocenters. The highest BCUT2D eigenvalue weighted by atomic mass is 19.1. The molecule has 0 heterocycles. The van der Waals surface area contributed by atoms with Gasteiger partial charge in [-0.25, -0.2) is 4.39 Å². The molecule has 0 saturated heterocycles. The molecule has 0 aliphatic carbocycles. The second-order valence-corrected chi connectivity index (χ2v) is 4.57. The first-order valence-electron chi connectivity index (χ1n) is 8.21. The maximum absolute atomic E-state index is 13.1. The number of rotatable bonds is 8. The minimum Gasteiger partial charge on any atom is -0.207 e. The van der Waals surface area contributed by atoms with Crippen LogP contribution in [0.2, 0.25) is 0 Å². The summed E-state index contributed by atoms with van der Waals surface area (Å²) in [6, 6.07) is 0. The lowest BCUT2D eigenvalue weighted by Gasteiger charge is -2.25. The summed E-state index contributed by atoms with van der Waals surface area (Å²) >= 11 is 0. The second kappa shape index (κ2) is 18.1. The molecule has 0 atom stereocenters. The van der Waals surface area contributed by atoms with Gasteiger partial charge in [0.05, 0.1) is 0 Å². The molecule has 120 valence electrons. The summed E-state index contributed by atoms with van der Waals surface area (Å²) in [5, 5.41) is 0. The summed E-state index contributed by atoms with van der Waals surface area (Å²) in [6.07, 6.45) is 11.8. The molecule has 0 fully saturated rings. The predicted octanol–water partition coefficient (Wildman–Crippen LogP) is 7.63. The van der Waals surface area contributed by atoms with Crippen molar-refractivity contribution in [1.82, 2.24) is 0 Å². The third kappa shape index (κ3) is 15.2. The quantitative estimate of drug-likeness (QED) is 0.317. The van der Waals surface area contributed by atoms with Crippen molar-refractivity contribution in [3.63, 3.8) is 0 Å². The van der Waals surface area contributed by atoms with E-state index in [1.54, 1.807) is 18.2 Å². The van der Waals surface area contributed by atoms with Gasteiger partial charge in [-0.05, 0) is 36.8 Å². The monoisotopic (exact) mass is 284 g/mol. The van der Waals surface area contributed by atoms with Gasteiger partial charge in [-0.1, -0.05) is 73.5 Å². The zero-order valence-corrected chi connectivity index (χ0v) is 14.9. The first-order chi connectivity index (χ1) is 9.58. The summed E-state index contributed by atoms with van der Waals surface area (Å²) in [6.45, 7) is 18.3. The van der Waals surface area contributed by atoms with Gasteiger partial charge in [-0.15, -0.1) is 6.58 Å². The second-order valence-electron chi connectivity index (χ2n) is 4.57. The number of hydrogen-bond acceptors (Lipinski definition) is 0. The summed E-state index contributed by atoms with van der Waals surface area (Å²) in [5.74, 6) is -0.158. The molecule has 0 aromatic rings. The molecular formula is C19H37F. The van der Waals surface area contributed by atoms with Crippen LogP contribution in [0.25, 0.3) is 0 Å². The van der Waals surface area contributed by atoms with Crippen LogP contribution in [0, 0.1) is 5.41 Å². The van der Waals surface area contributed by atoms with E-state index in [2.05, 4.69) is 27.4 Å². The van der Waals surface area contributed by atoms with E-state index in [-0.39, 0.29) is 5.83 Å². The Labute approximate surface area is 127 Å². The molecule has 1 heteroatoms. The van der Waals surface area contributed by atoms with E-state index in [0.717, 1.165) is 12.8 Å². The van der Waals surface area contributed by atoms with E-state index in [1.165, 1.54) is 12.8 Å². The van der Waals surface area contributed by atoms with E-state index in [4.69, 9.17) is 0 Å². The van der Waals surface area contributed by atoms with Crippen molar-refractivity contribution in [2.24, 2.45) is 5.41 Å². The van der Waals surface area contributed by atoms with Crippen LogP contribution < -0.4 is 0 Å². The molecule has 0 rings (SSSR count). The van der Waals surface area contributed by atoms with Crippen molar-refractivity contribution in [2.75, 3.05) is 0 Å². The van der Waals surface area contributed by atoms with Crippen molar-refractivity contribution >= 4 is 0 Å². The summed E-state index contributed by atoms with van der Waals surface area (Å²) in [5.41, 5.74) is 0.408. The lowest BCUT2D eigenvalue weighted by molar-refractivity contribution is 0.275. The third-order valence-corrected chi connectivity index (χ3v) is 3.38. The average Bonchev–Trinajstić information content (AvgIpc) is 2.53. The van der Waals surface area contributed by atoms with Gasteiger partial charge in [0.1, 0.15) is 5.83 Å². The topological polar surface area (TPSA) is 0 Å². The molecule has 0 amide bonds. The number of halogens is 1. The van der Waals surface area contributed by atoms with E-state index in [0.29, 0.717) is 11.8 Å². The van der Waals surface area contributed by atoms with Gasteiger partial charge >= 0.3 is 0 Å². The molecule has 20 heavy (non-hydrogen) atoms. The highest BCUT2D eigenvalue weighted by Gasteiger charge is 2.17. The molecular weight excluding hydrogens is 247 g/mol. The van der Waals surface area contributed by atoms with Crippen LogP contribution >= 0.6 is 0 Å². The van der Waals surface area contributed by atoms with Crippen molar-refractivity contribution in [3.8, 4) is 0 Å². The van der Waals surface area contributed by atoms with Crippen LogP contribution in [-0.2, 0) is 0 Å². The first-order valence-corrected chi connectivity index (χ1v) is 8.21. The first kappa shape index (κ1) is 24.2. The molecule has 0 N–H and O–H groups in total. The third-order valence-electron chi connectivity index (χ3n) is 3.38. The van der Waals surface area contributed by atoms with E-state index < -0.39 is 0 Å². The van der Waals surface area contributed by atoms with E-state index in [1.807, 2.05) is 33.8 Å². The van der Waals surface area contributed by atoms with Crippen LogP contribution in [0.1, 0.15) is 80.6 Å². The summed E-state index contributed by atoms with van der Waals surface area (Å²) in [4.78, 5) is 0. The number of hydrogen-bond donors (Lipinski definition) is 0. The molecule has 0 nitrogen and oxygen atoms in total. The smallest absolute Gasteiger partial charge is 0.119 e.